The van der Waals surface area contributed by atoms with Gasteiger partial charge in [0, 0.05) is 26.2 Å². The van der Waals surface area contributed by atoms with E-state index in [1.165, 1.54) is 12.1 Å². The van der Waals surface area contributed by atoms with Gasteiger partial charge < -0.3 is 14.5 Å². The molecule has 2 saturated heterocycles. The number of nitrogens with zero attached hydrogens (tertiary/aromatic N) is 2. The average Bonchev–Trinajstić information content (AvgIpc) is 2.68. The first-order chi connectivity index (χ1) is 12.8. The number of alkyl halides is 3. The van der Waals surface area contributed by atoms with Gasteiger partial charge in [-0.1, -0.05) is 12.1 Å². The normalized spacial score (nSPS) is 21.2. The highest BCUT2D eigenvalue weighted by atomic mass is 19.4. The molecule has 2 heterocycles. The van der Waals surface area contributed by atoms with Crippen LogP contribution >= 0.6 is 0 Å². The molecular formula is C19H23F3N2O3. The van der Waals surface area contributed by atoms with Gasteiger partial charge in [0.25, 0.3) is 0 Å². The lowest BCUT2D eigenvalue weighted by molar-refractivity contribution is -0.143. The molecule has 0 saturated carbocycles. The number of carbonyl (C=O) groups excluding carboxylic acids is 2. The molecule has 1 aromatic rings. The van der Waals surface area contributed by atoms with Gasteiger partial charge in [-0.05, 0) is 30.5 Å². The Bertz CT molecular complexity index is 670. The zero-order valence-electron chi connectivity index (χ0n) is 15.0. The summed E-state index contributed by atoms with van der Waals surface area (Å²) < 4.78 is 43.1. The smallest absolute Gasteiger partial charge is 0.378 e. The van der Waals surface area contributed by atoms with Crippen molar-refractivity contribution in [2.45, 2.75) is 25.4 Å². The molecule has 27 heavy (non-hydrogen) atoms. The number of hydrogen-bond acceptors (Lipinski definition) is 3. The Kier molecular flexibility index (Phi) is 6.04. The standard InChI is InChI=1S/C19H23F3N2O3/c20-19(21,22)16-5-3-14(4-6-16)12-17(25)24-7-1-2-15(13-24)18(26)23-8-10-27-11-9-23/h3-6,15H,1-2,7-13H2. The molecule has 8 heteroatoms. The number of piperidine rings is 1. The molecule has 0 N–H and O–H groups in total. The van der Waals surface area contributed by atoms with Crippen LogP contribution in [0.1, 0.15) is 24.0 Å². The number of likely N-dealkylation sites (tertiary alicyclic amines) is 1. The summed E-state index contributed by atoms with van der Waals surface area (Å²) in [7, 11) is 0. The molecule has 1 atom stereocenters. The van der Waals surface area contributed by atoms with E-state index in [0.717, 1.165) is 25.0 Å². The van der Waals surface area contributed by atoms with E-state index >= 15 is 0 Å². The number of halogens is 3. The van der Waals surface area contributed by atoms with Crippen molar-refractivity contribution in [2.75, 3.05) is 39.4 Å². The minimum Gasteiger partial charge on any atom is -0.378 e. The molecular weight excluding hydrogens is 361 g/mol. The van der Waals surface area contributed by atoms with Crippen molar-refractivity contribution in [3.8, 4) is 0 Å². The van der Waals surface area contributed by atoms with Crippen LogP contribution in [0, 0.1) is 5.92 Å². The van der Waals surface area contributed by atoms with Crippen LogP contribution in [0.3, 0.4) is 0 Å². The molecule has 2 amide bonds. The highest BCUT2D eigenvalue weighted by molar-refractivity contribution is 5.82. The first-order valence-electron chi connectivity index (χ1n) is 9.15. The average molecular weight is 384 g/mol. The fourth-order valence-electron chi connectivity index (χ4n) is 3.55. The Balaban J connectivity index is 1.57. The summed E-state index contributed by atoms with van der Waals surface area (Å²) in [5, 5.41) is 0. The second-order valence-corrected chi connectivity index (χ2v) is 6.99. The molecule has 3 rings (SSSR count). The summed E-state index contributed by atoms with van der Waals surface area (Å²) in [5.41, 5.74) is -0.192. The predicted molar refractivity (Wildman–Crippen MR) is 91.9 cm³/mol. The molecule has 1 unspecified atom stereocenters. The largest absolute Gasteiger partial charge is 0.416 e. The summed E-state index contributed by atoms with van der Waals surface area (Å²) in [4.78, 5) is 28.6. The second kappa shape index (κ2) is 8.29. The lowest BCUT2D eigenvalue weighted by Gasteiger charge is -2.36. The first-order valence-corrected chi connectivity index (χ1v) is 9.15. The SMILES string of the molecule is O=C(Cc1ccc(C(F)(F)F)cc1)N1CCCC(C(=O)N2CCOCC2)C1. The van der Waals surface area contributed by atoms with E-state index in [-0.39, 0.29) is 24.2 Å². The van der Waals surface area contributed by atoms with Crippen LogP contribution in [-0.2, 0) is 26.9 Å². The summed E-state index contributed by atoms with van der Waals surface area (Å²) in [5.74, 6) is -0.312. The van der Waals surface area contributed by atoms with Crippen LogP contribution in [0.2, 0.25) is 0 Å². The van der Waals surface area contributed by atoms with Gasteiger partial charge >= 0.3 is 6.18 Å². The highest BCUT2D eigenvalue weighted by Crippen LogP contribution is 2.29. The van der Waals surface area contributed by atoms with Crippen molar-refractivity contribution in [2.24, 2.45) is 5.92 Å². The van der Waals surface area contributed by atoms with E-state index in [1.54, 1.807) is 9.80 Å². The molecule has 5 nitrogen and oxygen atoms in total. The molecule has 1 aromatic carbocycles. The van der Waals surface area contributed by atoms with Crippen molar-refractivity contribution in [3.05, 3.63) is 35.4 Å². The minimum absolute atomic E-state index is 0.0383. The monoisotopic (exact) mass is 384 g/mol. The van der Waals surface area contributed by atoms with Gasteiger partial charge in [-0.25, -0.2) is 0 Å². The van der Waals surface area contributed by atoms with Crippen molar-refractivity contribution >= 4 is 11.8 Å². The fraction of sp³-hybridized carbons (Fsp3) is 0.579. The maximum absolute atomic E-state index is 12.6. The minimum atomic E-state index is -4.39. The third kappa shape index (κ3) is 5.00. The molecule has 148 valence electrons. The number of benzene rings is 1. The van der Waals surface area contributed by atoms with Gasteiger partial charge in [-0.2, -0.15) is 13.2 Å². The van der Waals surface area contributed by atoms with Crippen LogP contribution in [0.15, 0.2) is 24.3 Å². The van der Waals surface area contributed by atoms with Crippen molar-refractivity contribution < 1.29 is 27.5 Å². The summed E-state index contributed by atoms with van der Waals surface area (Å²) in [6.07, 6.45) is -2.85. The summed E-state index contributed by atoms with van der Waals surface area (Å²) >= 11 is 0. The van der Waals surface area contributed by atoms with E-state index in [4.69, 9.17) is 4.74 Å². The quantitative estimate of drug-likeness (QED) is 0.804. The maximum Gasteiger partial charge on any atom is 0.416 e. The van der Waals surface area contributed by atoms with Gasteiger partial charge in [0.1, 0.15) is 0 Å². The molecule has 0 aliphatic carbocycles. The lowest BCUT2D eigenvalue weighted by atomic mass is 9.95. The van der Waals surface area contributed by atoms with E-state index in [0.29, 0.717) is 45.0 Å². The van der Waals surface area contributed by atoms with Crippen molar-refractivity contribution in [3.63, 3.8) is 0 Å². The molecule has 0 aromatic heterocycles. The van der Waals surface area contributed by atoms with Crippen LogP contribution in [-0.4, -0.2) is 61.0 Å². The number of morpholine rings is 1. The Hall–Kier alpha value is -2.09. The van der Waals surface area contributed by atoms with Gasteiger partial charge in [0.2, 0.25) is 11.8 Å². The maximum atomic E-state index is 12.6. The second-order valence-electron chi connectivity index (χ2n) is 6.99. The number of rotatable bonds is 3. The summed E-state index contributed by atoms with van der Waals surface area (Å²) in [6.45, 7) is 3.18. The zero-order valence-corrected chi connectivity index (χ0v) is 15.0. The lowest BCUT2D eigenvalue weighted by Crippen LogP contribution is -2.49. The van der Waals surface area contributed by atoms with Gasteiger partial charge in [-0.15, -0.1) is 0 Å². The number of amides is 2. The van der Waals surface area contributed by atoms with Crippen molar-refractivity contribution in [1.82, 2.24) is 9.80 Å². The number of carbonyl (C=O) groups is 2. The molecule has 2 aliphatic heterocycles. The van der Waals surface area contributed by atoms with Gasteiger partial charge in [0.05, 0.1) is 31.1 Å². The van der Waals surface area contributed by atoms with Crippen molar-refractivity contribution in [1.29, 1.82) is 0 Å². The number of ether oxygens (including phenoxy) is 1. The van der Waals surface area contributed by atoms with Crippen LogP contribution < -0.4 is 0 Å². The fourth-order valence-corrected chi connectivity index (χ4v) is 3.55. The van der Waals surface area contributed by atoms with Crippen LogP contribution in [0.4, 0.5) is 13.2 Å². The first kappa shape index (κ1) is 19.7. The molecule has 0 bridgehead atoms. The Morgan fingerprint density at radius 2 is 1.70 bits per heavy atom. The van der Waals surface area contributed by atoms with Crippen LogP contribution in [0.25, 0.3) is 0 Å². The van der Waals surface area contributed by atoms with E-state index < -0.39 is 11.7 Å². The third-order valence-electron chi connectivity index (χ3n) is 5.08. The van der Waals surface area contributed by atoms with Crippen LogP contribution in [0.5, 0.6) is 0 Å². The Morgan fingerprint density at radius 3 is 2.33 bits per heavy atom. The predicted octanol–water partition coefficient (Wildman–Crippen LogP) is 2.35. The Labute approximate surface area is 156 Å². The Morgan fingerprint density at radius 1 is 1.04 bits per heavy atom. The number of hydrogen-bond donors (Lipinski definition) is 0. The molecule has 0 spiro atoms. The molecule has 2 aliphatic rings. The third-order valence-corrected chi connectivity index (χ3v) is 5.08. The topological polar surface area (TPSA) is 49.9 Å². The van der Waals surface area contributed by atoms with E-state index in [1.807, 2.05) is 0 Å². The molecule has 0 radical (unpaired) electrons. The summed E-state index contributed by atoms with van der Waals surface area (Å²) in [6, 6.07) is 4.65. The zero-order chi connectivity index (χ0) is 19.4. The van der Waals surface area contributed by atoms with E-state index in [2.05, 4.69) is 0 Å². The molecule has 2 fully saturated rings. The highest BCUT2D eigenvalue weighted by Gasteiger charge is 2.32. The van der Waals surface area contributed by atoms with Gasteiger partial charge in [-0.3, -0.25) is 9.59 Å². The van der Waals surface area contributed by atoms with Gasteiger partial charge in [0.15, 0.2) is 0 Å². The van der Waals surface area contributed by atoms with E-state index in [9.17, 15) is 22.8 Å².